The molecule has 21 heavy (non-hydrogen) atoms. The van der Waals surface area contributed by atoms with Crippen molar-refractivity contribution >= 4 is 23.2 Å². The molecule has 3 heterocycles. The Hall–Kier alpha value is -2.22. The average Bonchev–Trinajstić information content (AvgIpc) is 3.17. The molecule has 0 saturated carbocycles. The zero-order chi connectivity index (χ0) is 14.8. The Morgan fingerprint density at radius 2 is 1.86 bits per heavy atom. The summed E-state index contributed by atoms with van der Waals surface area (Å²) in [6.45, 7) is 3.82. The summed E-state index contributed by atoms with van der Waals surface area (Å²) in [5, 5.41) is 10.3. The standard InChI is InChI=1S/C13H15N5O2S/c1-9-14-11(16-15-9)13(20)18-5-3-17(4-6-18)12(19)10-2-7-21-8-10/h2,7-8H,3-6H2,1H3,(H,14,15,16). The van der Waals surface area contributed by atoms with Gasteiger partial charge in [0.25, 0.3) is 11.8 Å². The topological polar surface area (TPSA) is 82.2 Å². The van der Waals surface area contributed by atoms with E-state index in [9.17, 15) is 9.59 Å². The summed E-state index contributed by atoms with van der Waals surface area (Å²) in [6.07, 6.45) is 0. The third kappa shape index (κ3) is 2.80. The molecule has 0 atom stereocenters. The zero-order valence-corrected chi connectivity index (χ0v) is 12.4. The molecule has 2 aromatic rings. The predicted molar refractivity (Wildman–Crippen MR) is 77.2 cm³/mol. The Bertz CT molecular complexity index is 643. The Morgan fingerprint density at radius 1 is 1.19 bits per heavy atom. The maximum atomic E-state index is 12.2. The third-order valence-corrected chi connectivity index (χ3v) is 4.09. The number of hydrogen-bond acceptors (Lipinski definition) is 5. The molecular formula is C13H15N5O2S. The fraction of sp³-hybridized carbons (Fsp3) is 0.385. The molecule has 0 radical (unpaired) electrons. The molecule has 3 rings (SSSR count). The molecule has 1 aliphatic rings. The fourth-order valence-corrected chi connectivity index (χ4v) is 2.89. The van der Waals surface area contributed by atoms with Gasteiger partial charge in [-0.15, -0.1) is 5.10 Å². The van der Waals surface area contributed by atoms with Crippen LogP contribution in [0.2, 0.25) is 0 Å². The first-order valence-electron chi connectivity index (χ1n) is 6.65. The lowest BCUT2D eigenvalue weighted by Gasteiger charge is -2.34. The molecule has 1 saturated heterocycles. The SMILES string of the molecule is Cc1nc(C(=O)N2CCN(C(=O)c3ccsc3)CC2)n[nH]1. The third-order valence-electron chi connectivity index (χ3n) is 3.41. The second-order valence-corrected chi connectivity index (χ2v) is 5.62. The number of amides is 2. The van der Waals surface area contributed by atoms with Gasteiger partial charge in [0.05, 0.1) is 5.56 Å². The predicted octanol–water partition coefficient (Wildman–Crippen LogP) is 0.773. The minimum Gasteiger partial charge on any atom is -0.335 e. The maximum Gasteiger partial charge on any atom is 0.293 e. The van der Waals surface area contributed by atoms with Crippen molar-refractivity contribution in [3.05, 3.63) is 34.0 Å². The van der Waals surface area contributed by atoms with Gasteiger partial charge >= 0.3 is 0 Å². The van der Waals surface area contributed by atoms with E-state index in [1.54, 1.807) is 16.7 Å². The summed E-state index contributed by atoms with van der Waals surface area (Å²) < 4.78 is 0. The Labute approximate surface area is 125 Å². The van der Waals surface area contributed by atoms with Crippen LogP contribution in [0.15, 0.2) is 16.8 Å². The van der Waals surface area contributed by atoms with E-state index in [1.165, 1.54) is 11.3 Å². The Morgan fingerprint density at radius 3 is 2.38 bits per heavy atom. The number of carbonyl (C=O) groups excluding carboxylic acids is 2. The van der Waals surface area contributed by atoms with E-state index in [0.29, 0.717) is 37.6 Å². The molecular weight excluding hydrogens is 290 g/mol. The second-order valence-electron chi connectivity index (χ2n) is 4.84. The van der Waals surface area contributed by atoms with Crippen LogP contribution in [0.25, 0.3) is 0 Å². The van der Waals surface area contributed by atoms with E-state index in [2.05, 4.69) is 15.2 Å². The van der Waals surface area contributed by atoms with E-state index in [-0.39, 0.29) is 17.6 Å². The fourth-order valence-electron chi connectivity index (χ4n) is 2.26. The number of H-pyrrole nitrogens is 1. The lowest BCUT2D eigenvalue weighted by Crippen LogP contribution is -2.50. The summed E-state index contributed by atoms with van der Waals surface area (Å²) in [6, 6.07) is 1.82. The highest BCUT2D eigenvalue weighted by Gasteiger charge is 2.27. The first kappa shape index (κ1) is 13.7. The Kier molecular flexibility index (Phi) is 3.70. The summed E-state index contributed by atoms with van der Waals surface area (Å²) >= 11 is 1.50. The van der Waals surface area contributed by atoms with E-state index < -0.39 is 0 Å². The monoisotopic (exact) mass is 305 g/mol. The molecule has 1 N–H and O–H groups in total. The lowest BCUT2D eigenvalue weighted by atomic mass is 10.2. The van der Waals surface area contributed by atoms with Gasteiger partial charge in [0.2, 0.25) is 5.82 Å². The number of aromatic amines is 1. The van der Waals surface area contributed by atoms with Crippen molar-refractivity contribution in [1.29, 1.82) is 0 Å². The van der Waals surface area contributed by atoms with Gasteiger partial charge in [0.1, 0.15) is 5.82 Å². The zero-order valence-electron chi connectivity index (χ0n) is 11.6. The normalized spacial score (nSPS) is 15.3. The Balaban J connectivity index is 1.60. The van der Waals surface area contributed by atoms with Gasteiger partial charge in [-0.1, -0.05) is 0 Å². The average molecular weight is 305 g/mol. The molecule has 0 bridgehead atoms. The number of aromatic nitrogens is 3. The minimum atomic E-state index is -0.193. The van der Waals surface area contributed by atoms with Crippen LogP contribution in [-0.2, 0) is 0 Å². The number of rotatable bonds is 2. The highest BCUT2D eigenvalue weighted by molar-refractivity contribution is 7.08. The molecule has 2 amide bonds. The van der Waals surface area contributed by atoms with Crippen LogP contribution in [0, 0.1) is 6.92 Å². The molecule has 0 spiro atoms. The molecule has 1 fully saturated rings. The molecule has 8 heteroatoms. The number of nitrogens with zero attached hydrogens (tertiary/aromatic N) is 4. The molecule has 0 aromatic carbocycles. The van der Waals surface area contributed by atoms with Crippen LogP contribution >= 0.6 is 11.3 Å². The van der Waals surface area contributed by atoms with Gasteiger partial charge in [0.15, 0.2) is 0 Å². The highest BCUT2D eigenvalue weighted by Crippen LogP contribution is 2.12. The number of hydrogen-bond donors (Lipinski definition) is 1. The first-order valence-corrected chi connectivity index (χ1v) is 7.59. The van der Waals surface area contributed by atoms with Gasteiger partial charge in [-0.05, 0) is 18.4 Å². The van der Waals surface area contributed by atoms with Gasteiger partial charge in [-0.2, -0.15) is 11.3 Å². The first-order chi connectivity index (χ1) is 10.1. The van der Waals surface area contributed by atoms with Crippen molar-refractivity contribution in [2.75, 3.05) is 26.2 Å². The smallest absolute Gasteiger partial charge is 0.293 e. The van der Waals surface area contributed by atoms with Gasteiger partial charge in [-0.25, -0.2) is 4.98 Å². The number of thiophene rings is 1. The van der Waals surface area contributed by atoms with Gasteiger partial charge < -0.3 is 9.80 Å². The molecule has 110 valence electrons. The number of carbonyl (C=O) groups is 2. The summed E-state index contributed by atoms with van der Waals surface area (Å²) in [7, 11) is 0. The van der Waals surface area contributed by atoms with Crippen LogP contribution in [-0.4, -0.2) is 63.0 Å². The van der Waals surface area contributed by atoms with E-state index in [1.807, 2.05) is 16.8 Å². The highest BCUT2D eigenvalue weighted by atomic mass is 32.1. The molecule has 7 nitrogen and oxygen atoms in total. The largest absolute Gasteiger partial charge is 0.335 e. The van der Waals surface area contributed by atoms with Crippen LogP contribution < -0.4 is 0 Å². The summed E-state index contributed by atoms with van der Waals surface area (Å²) in [5.41, 5.74) is 0.712. The summed E-state index contributed by atoms with van der Waals surface area (Å²) in [5.74, 6) is 0.633. The number of piperazine rings is 1. The van der Waals surface area contributed by atoms with Crippen LogP contribution in [0.5, 0.6) is 0 Å². The van der Waals surface area contributed by atoms with Gasteiger partial charge in [-0.3, -0.25) is 14.7 Å². The van der Waals surface area contributed by atoms with Crippen LogP contribution in [0.4, 0.5) is 0 Å². The van der Waals surface area contributed by atoms with E-state index >= 15 is 0 Å². The van der Waals surface area contributed by atoms with Crippen molar-refractivity contribution in [2.24, 2.45) is 0 Å². The van der Waals surface area contributed by atoms with Crippen LogP contribution in [0.3, 0.4) is 0 Å². The quantitative estimate of drug-likeness (QED) is 0.888. The van der Waals surface area contributed by atoms with Crippen molar-refractivity contribution in [3.8, 4) is 0 Å². The lowest BCUT2D eigenvalue weighted by molar-refractivity contribution is 0.0529. The molecule has 2 aromatic heterocycles. The van der Waals surface area contributed by atoms with E-state index in [0.717, 1.165) is 0 Å². The molecule has 0 aliphatic carbocycles. The minimum absolute atomic E-state index is 0.0251. The van der Waals surface area contributed by atoms with Crippen molar-refractivity contribution in [1.82, 2.24) is 25.0 Å². The molecule has 0 unspecified atom stereocenters. The summed E-state index contributed by atoms with van der Waals surface area (Å²) in [4.78, 5) is 31.9. The molecule has 1 aliphatic heterocycles. The van der Waals surface area contributed by atoms with E-state index in [4.69, 9.17) is 0 Å². The second kappa shape index (κ2) is 5.65. The van der Waals surface area contributed by atoms with Crippen molar-refractivity contribution in [3.63, 3.8) is 0 Å². The number of aryl methyl sites for hydroxylation is 1. The van der Waals surface area contributed by atoms with Crippen molar-refractivity contribution < 1.29 is 9.59 Å². The van der Waals surface area contributed by atoms with Crippen LogP contribution in [0.1, 0.15) is 26.8 Å². The van der Waals surface area contributed by atoms with Crippen molar-refractivity contribution in [2.45, 2.75) is 6.92 Å². The maximum absolute atomic E-state index is 12.2. The van der Waals surface area contributed by atoms with Gasteiger partial charge in [0, 0.05) is 31.6 Å². The number of nitrogens with one attached hydrogen (secondary N) is 1.